The molecule has 0 amide bonds. The molecular formula is C17H20ClNO2S. The average Bonchev–Trinajstić information content (AvgIpc) is 2.53. The number of rotatable bonds is 7. The topological polar surface area (TPSA) is 37.4 Å². The van der Waals surface area contributed by atoms with Gasteiger partial charge in [0.25, 0.3) is 0 Å². The van der Waals surface area contributed by atoms with Crippen molar-refractivity contribution in [3.63, 3.8) is 0 Å². The Bertz CT molecular complexity index is 702. The van der Waals surface area contributed by atoms with Crippen LogP contribution in [0.5, 0.6) is 0 Å². The molecule has 0 aliphatic rings. The molecule has 0 radical (unpaired) electrons. The molecule has 3 nitrogen and oxygen atoms in total. The van der Waals surface area contributed by atoms with Crippen molar-refractivity contribution in [3.05, 3.63) is 70.7 Å². The summed E-state index contributed by atoms with van der Waals surface area (Å²) in [6.07, 6.45) is 0.516. The zero-order valence-electron chi connectivity index (χ0n) is 12.6. The van der Waals surface area contributed by atoms with Crippen LogP contribution in [0.3, 0.4) is 0 Å². The summed E-state index contributed by atoms with van der Waals surface area (Å²) in [5.74, 6) is 0.106. The highest BCUT2D eigenvalue weighted by Gasteiger charge is 2.21. The summed E-state index contributed by atoms with van der Waals surface area (Å²) in [6, 6.07) is 17.0. The van der Waals surface area contributed by atoms with Gasteiger partial charge in [0.2, 0.25) is 10.0 Å². The summed E-state index contributed by atoms with van der Waals surface area (Å²) >= 11 is 6.13. The second-order valence-electron chi connectivity index (χ2n) is 5.07. The summed E-state index contributed by atoms with van der Waals surface area (Å²) in [5, 5.41) is 0.596. The fourth-order valence-corrected chi connectivity index (χ4v) is 3.92. The van der Waals surface area contributed by atoms with Gasteiger partial charge in [-0.3, -0.25) is 0 Å². The van der Waals surface area contributed by atoms with Crippen LogP contribution in [0.15, 0.2) is 54.6 Å². The van der Waals surface area contributed by atoms with E-state index >= 15 is 0 Å². The molecule has 0 spiro atoms. The summed E-state index contributed by atoms with van der Waals surface area (Å²) in [5.41, 5.74) is 1.86. The lowest BCUT2D eigenvalue weighted by atomic mass is 10.2. The summed E-state index contributed by atoms with van der Waals surface area (Å²) < 4.78 is 26.6. The molecule has 22 heavy (non-hydrogen) atoms. The Hall–Kier alpha value is -1.36. The lowest BCUT2D eigenvalue weighted by Crippen LogP contribution is -2.33. The minimum absolute atomic E-state index is 0.106. The zero-order valence-corrected chi connectivity index (χ0v) is 14.1. The second-order valence-corrected chi connectivity index (χ2v) is 7.56. The van der Waals surface area contributed by atoms with E-state index in [9.17, 15) is 8.42 Å². The quantitative estimate of drug-likeness (QED) is 0.772. The molecule has 0 bridgehead atoms. The van der Waals surface area contributed by atoms with Gasteiger partial charge in [-0.1, -0.05) is 67.1 Å². The smallest absolute Gasteiger partial charge is 0.212 e. The first-order valence-electron chi connectivity index (χ1n) is 7.28. The molecule has 0 aliphatic carbocycles. The van der Waals surface area contributed by atoms with E-state index in [1.54, 1.807) is 6.07 Å². The summed E-state index contributed by atoms with van der Waals surface area (Å²) in [6.45, 7) is 2.59. The van der Waals surface area contributed by atoms with Crippen LogP contribution in [0.2, 0.25) is 5.02 Å². The molecule has 0 atom stereocenters. The molecule has 0 fully saturated rings. The lowest BCUT2D eigenvalue weighted by molar-refractivity contribution is 0.423. The van der Waals surface area contributed by atoms with Gasteiger partial charge in [0, 0.05) is 18.1 Å². The van der Waals surface area contributed by atoms with Crippen LogP contribution in [0.1, 0.15) is 18.1 Å². The van der Waals surface area contributed by atoms with Crippen LogP contribution in [0, 0.1) is 0 Å². The van der Waals surface area contributed by atoms with Gasteiger partial charge in [0.05, 0.1) is 5.75 Å². The molecule has 0 saturated carbocycles. The normalized spacial score (nSPS) is 11.8. The number of hydrogen-bond donors (Lipinski definition) is 0. The van der Waals surface area contributed by atoms with E-state index in [0.717, 1.165) is 11.1 Å². The number of hydrogen-bond acceptors (Lipinski definition) is 2. The van der Waals surface area contributed by atoms with Gasteiger partial charge in [0.15, 0.2) is 0 Å². The first-order chi connectivity index (χ1) is 10.5. The molecule has 118 valence electrons. The summed E-state index contributed by atoms with van der Waals surface area (Å²) in [4.78, 5) is 0. The van der Waals surface area contributed by atoms with Gasteiger partial charge < -0.3 is 0 Å². The Labute approximate surface area is 137 Å². The van der Waals surface area contributed by atoms with Gasteiger partial charge in [-0.15, -0.1) is 0 Å². The van der Waals surface area contributed by atoms with Crippen molar-refractivity contribution < 1.29 is 8.42 Å². The van der Waals surface area contributed by atoms with Gasteiger partial charge in [-0.2, -0.15) is 4.31 Å². The summed E-state index contributed by atoms with van der Waals surface area (Å²) in [7, 11) is -3.31. The predicted octanol–water partition coefficient (Wildman–Crippen LogP) is 3.73. The number of sulfonamides is 1. The molecule has 2 aromatic carbocycles. The Kier molecular flexibility index (Phi) is 6.00. The van der Waals surface area contributed by atoms with E-state index in [-0.39, 0.29) is 5.75 Å². The first-order valence-corrected chi connectivity index (χ1v) is 9.27. The van der Waals surface area contributed by atoms with Crippen LogP contribution < -0.4 is 0 Å². The Morgan fingerprint density at radius 1 is 1.00 bits per heavy atom. The fraction of sp³-hybridized carbons (Fsp3) is 0.294. The SMILES string of the molecule is CCN(Cc1ccccc1Cl)S(=O)(=O)CCc1ccccc1. The number of nitrogens with zero attached hydrogens (tertiary/aromatic N) is 1. The third kappa shape index (κ3) is 4.57. The van der Waals surface area contributed by atoms with E-state index in [1.807, 2.05) is 55.5 Å². The van der Waals surface area contributed by atoms with Gasteiger partial charge in [-0.25, -0.2) is 8.42 Å². The van der Waals surface area contributed by atoms with Crippen molar-refractivity contribution in [2.45, 2.75) is 19.9 Å². The van der Waals surface area contributed by atoms with E-state index in [1.165, 1.54) is 4.31 Å². The maximum atomic E-state index is 12.5. The van der Waals surface area contributed by atoms with Crippen molar-refractivity contribution in [1.29, 1.82) is 0 Å². The number of halogens is 1. The molecule has 2 rings (SSSR count). The van der Waals surface area contributed by atoms with Gasteiger partial charge >= 0.3 is 0 Å². The highest BCUT2D eigenvalue weighted by atomic mass is 35.5. The van der Waals surface area contributed by atoms with Crippen LogP contribution >= 0.6 is 11.6 Å². The lowest BCUT2D eigenvalue weighted by Gasteiger charge is -2.21. The predicted molar refractivity (Wildman–Crippen MR) is 91.5 cm³/mol. The van der Waals surface area contributed by atoms with Crippen LogP contribution in [-0.2, 0) is 23.0 Å². The van der Waals surface area contributed by atoms with E-state index in [4.69, 9.17) is 11.6 Å². The van der Waals surface area contributed by atoms with E-state index < -0.39 is 10.0 Å². The Morgan fingerprint density at radius 3 is 2.27 bits per heavy atom. The third-order valence-electron chi connectivity index (χ3n) is 3.54. The Morgan fingerprint density at radius 2 is 1.64 bits per heavy atom. The molecular weight excluding hydrogens is 318 g/mol. The maximum Gasteiger partial charge on any atom is 0.214 e. The maximum absolute atomic E-state index is 12.5. The third-order valence-corrected chi connectivity index (χ3v) is 5.80. The van der Waals surface area contributed by atoms with Crippen LogP contribution in [0.4, 0.5) is 0 Å². The first kappa shape index (κ1) is 17.0. The molecule has 0 unspecified atom stereocenters. The highest BCUT2D eigenvalue weighted by Crippen LogP contribution is 2.19. The number of aryl methyl sites for hydroxylation is 1. The molecule has 0 aliphatic heterocycles. The molecule has 2 aromatic rings. The highest BCUT2D eigenvalue weighted by molar-refractivity contribution is 7.89. The second kappa shape index (κ2) is 7.77. The fourth-order valence-electron chi connectivity index (χ4n) is 2.24. The van der Waals surface area contributed by atoms with Crippen molar-refractivity contribution >= 4 is 21.6 Å². The van der Waals surface area contributed by atoms with Crippen LogP contribution in [-0.4, -0.2) is 25.0 Å². The van der Waals surface area contributed by atoms with Gasteiger partial charge in [-0.05, 0) is 23.6 Å². The molecule has 0 saturated heterocycles. The van der Waals surface area contributed by atoms with Gasteiger partial charge in [0.1, 0.15) is 0 Å². The largest absolute Gasteiger partial charge is 0.214 e. The molecule has 5 heteroatoms. The van der Waals surface area contributed by atoms with Crippen molar-refractivity contribution in [1.82, 2.24) is 4.31 Å². The average molecular weight is 338 g/mol. The van der Waals surface area contributed by atoms with Crippen molar-refractivity contribution in [2.75, 3.05) is 12.3 Å². The van der Waals surface area contributed by atoms with E-state index in [0.29, 0.717) is 24.5 Å². The molecule has 0 aromatic heterocycles. The molecule has 0 N–H and O–H groups in total. The zero-order chi connectivity index (χ0) is 16.0. The van der Waals surface area contributed by atoms with E-state index in [2.05, 4.69) is 0 Å². The Balaban J connectivity index is 2.07. The van der Waals surface area contributed by atoms with Crippen LogP contribution in [0.25, 0.3) is 0 Å². The minimum Gasteiger partial charge on any atom is -0.212 e. The molecule has 0 heterocycles. The monoisotopic (exact) mass is 337 g/mol. The van der Waals surface area contributed by atoms with Crippen molar-refractivity contribution in [3.8, 4) is 0 Å². The minimum atomic E-state index is -3.31. The standard InChI is InChI=1S/C17H20ClNO2S/c1-2-19(14-16-10-6-7-11-17(16)18)22(20,21)13-12-15-8-4-3-5-9-15/h3-11H,2,12-14H2,1H3. The van der Waals surface area contributed by atoms with Crippen molar-refractivity contribution in [2.24, 2.45) is 0 Å². The number of benzene rings is 2.